The van der Waals surface area contributed by atoms with Gasteiger partial charge < -0.3 is 10.2 Å². The average molecular weight is 169 g/mol. The van der Waals surface area contributed by atoms with Gasteiger partial charge in [-0.25, -0.2) is 0 Å². The van der Waals surface area contributed by atoms with Gasteiger partial charge in [-0.05, 0) is 5.57 Å². The summed E-state index contributed by atoms with van der Waals surface area (Å²) in [5.74, 6) is -2.28. The van der Waals surface area contributed by atoms with E-state index >= 15 is 0 Å². The number of hydrogen-bond donors (Lipinski definition) is 2. The van der Waals surface area contributed by atoms with E-state index in [0.29, 0.717) is 0 Å². The number of carbonyl (C=O) groups is 2. The molecule has 0 aliphatic heterocycles. The van der Waals surface area contributed by atoms with Crippen molar-refractivity contribution in [2.45, 2.75) is 12.8 Å². The van der Waals surface area contributed by atoms with Crippen LogP contribution in [0.25, 0.3) is 0 Å². The second-order valence-corrected chi connectivity index (χ2v) is 2.07. The summed E-state index contributed by atoms with van der Waals surface area (Å²) in [5, 5.41) is 24.7. The van der Waals surface area contributed by atoms with E-state index in [1.54, 1.807) is 6.07 Å². The molecule has 0 heterocycles. The van der Waals surface area contributed by atoms with Crippen LogP contribution in [0.2, 0.25) is 0 Å². The number of nitriles is 1. The Morgan fingerprint density at radius 3 is 1.92 bits per heavy atom. The maximum Gasteiger partial charge on any atom is 0.307 e. The van der Waals surface area contributed by atoms with E-state index in [9.17, 15) is 9.59 Å². The fraction of sp³-hybridized carbons (Fsp3) is 0.286. The minimum absolute atomic E-state index is 0.0949. The van der Waals surface area contributed by atoms with Gasteiger partial charge in [-0.15, -0.1) is 0 Å². The first kappa shape index (κ1) is 10.2. The second kappa shape index (κ2) is 4.91. The van der Waals surface area contributed by atoms with Crippen LogP contribution < -0.4 is 0 Å². The fourth-order valence-corrected chi connectivity index (χ4v) is 0.644. The van der Waals surface area contributed by atoms with Crippen LogP contribution >= 0.6 is 0 Å². The van der Waals surface area contributed by atoms with Gasteiger partial charge in [-0.3, -0.25) is 9.59 Å². The monoisotopic (exact) mass is 169 g/mol. The number of nitrogens with zero attached hydrogens (tertiary/aromatic N) is 1. The number of carboxylic acids is 2. The van der Waals surface area contributed by atoms with E-state index in [4.69, 9.17) is 15.5 Å². The van der Waals surface area contributed by atoms with Crippen molar-refractivity contribution in [1.82, 2.24) is 0 Å². The number of allylic oxidation sites excluding steroid dienone is 1. The normalized spacial score (nSPS) is 8.25. The van der Waals surface area contributed by atoms with Crippen molar-refractivity contribution in [3.63, 3.8) is 0 Å². The molecule has 0 rings (SSSR count). The second-order valence-electron chi connectivity index (χ2n) is 2.07. The van der Waals surface area contributed by atoms with E-state index in [1.807, 2.05) is 0 Å². The minimum Gasteiger partial charge on any atom is -0.481 e. The Hall–Kier alpha value is -1.83. The number of carboxylic acid groups (broad SMARTS) is 2. The zero-order valence-corrected chi connectivity index (χ0v) is 6.15. The molecule has 0 spiro atoms. The third kappa shape index (κ3) is 4.99. The molecular weight excluding hydrogens is 162 g/mol. The third-order valence-corrected chi connectivity index (χ3v) is 1.03. The Labute approximate surface area is 68.5 Å². The van der Waals surface area contributed by atoms with Crippen LogP contribution in [0.1, 0.15) is 12.8 Å². The van der Waals surface area contributed by atoms with Crippen LogP contribution in [-0.2, 0) is 9.59 Å². The summed E-state index contributed by atoms with van der Waals surface area (Å²) >= 11 is 0. The Morgan fingerprint density at radius 2 is 1.67 bits per heavy atom. The van der Waals surface area contributed by atoms with Crippen molar-refractivity contribution >= 4 is 11.9 Å². The van der Waals surface area contributed by atoms with Crippen LogP contribution in [0, 0.1) is 11.3 Å². The Morgan fingerprint density at radius 1 is 1.25 bits per heavy atom. The topological polar surface area (TPSA) is 98.4 Å². The van der Waals surface area contributed by atoms with Crippen LogP contribution in [0.15, 0.2) is 11.6 Å². The molecule has 2 N–H and O–H groups in total. The molecular formula is C7H7NO4. The molecule has 0 radical (unpaired) electrons. The summed E-state index contributed by atoms with van der Waals surface area (Å²) in [4.78, 5) is 20.2. The van der Waals surface area contributed by atoms with Gasteiger partial charge in [0.05, 0.1) is 18.9 Å². The first-order chi connectivity index (χ1) is 5.56. The molecule has 0 aromatic heterocycles. The largest absolute Gasteiger partial charge is 0.481 e. The smallest absolute Gasteiger partial charge is 0.307 e. The molecule has 0 aromatic carbocycles. The van der Waals surface area contributed by atoms with E-state index in [-0.39, 0.29) is 5.57 Å². The quantitative estimate of drug-likeness (QED) is 0.593. The molecule has 0 atom stereocenters. The first-order valence-corrected chi connectivity index (χ1v) is 3.07. The molecule has 0 saturated carbocycles. The fourth-order valence-electron chi connectivity index (χ4n) is 0.644. The predicted molar refractivity (Wildman–Crippen MR) is 38.2 cm³/mol. The number of hydrogen-bond acceptors (Lipinski definition) is 3. The van der Waals surface area contributed by atoms with Crippen molar-refractivity contribution in [1.29, 1.82) is 5.26 Å². The van der Waals surface area contributed by atoms with Crippen molar-refractivity contribution in [3.05, 3.63) is 11.6 Å². The maximum absolute atomic E-state index is 10.1. The van der Waals surface area contributed by atoms with Gasteiger partial charge in [0, 0.05) is 6.08 Å². The Bertz CT molecular complexity index is 243. The van der Waals surface area contributed by atoms with Gasteiger partial charge in [0.1, 0.15) is 0 Å². The highest BCUT2D eigenvalue weighted by Gasteiger charge is 2.07. The lowest BCUT2D eigenvalue weighted by Gasteiger charge is -1.96. The lowest BCUT2D eigenvalue weighted by atomic mass is 10.1. The van der Waals surface area contributed by atoms with E-state index < -0.39 is 24.8 Å². The highest BCUT2D eigenvalue weighted by Crippen LogP contribution is 2.06. The number of rotatable bonds is 4. The molecule has 0 fully saturated rings. The molecule has 12 heavy (non-hydrogen) atoms. The number of aliphatic carboxylic acids is 2. The lowest BCUT2D eigenvalue weighted by molar-refractivity contribution is -0.136. The third-order valence-electron chi connectivity index (χ3n) is 1.03. The van der Waals surface area contributed by atoms with E-state index in [0.717, 1.165) is 6.08 Å². The van der Waals surface area contributed by atoms with Gasteiger partial charge >= 0.3 is 11.9 Å². The molecule has 0 aliphatic rings. The molecule has 5 nitrogen and oxygen atoms in total. The summed E-state index contributed by atoms with van der Waals surface area (Å²) in [7, 11) is 0. The van der Waals surface area contributed by atoms with Crippen molar-refractivity contribution < 1.29 is 19.8 Å². The van der Waals surface area contributed by atoms with E-state index in [1.165, 1.54) is 0 Å². The van der Waals surface area contributed by atoms with Crippen molar-refractivity contribution in [2.75, 3.05) is 0 Å². The summed E-state index contributed by atoms with van der Waals surface area (Å²) in [6.07, 6.45) is 0.141. The molecule has 0 bridgehead atoms. The lowest BCUT2D eigenvalue weighted by Crippen LogP contribution is -2.02. The van der Waals surface area contributed by atoms with Crippen LogP contribution in [0.5, 0.6) is 0 Å². The molecule has 0 saturated heterocycles. The summed E-state index contributed by atoms with van der Waals surface area (Å²) in [6.45, 7) is 0. The summed E-state index contributed by atoms with van der Waals surface area (Å²) in [6, 6.07) is 1.59. The van der Waals surface area contributed by atoms with Gasteiger partial charge in [0.2, 0.25) is 0 Å². The highest BCUT2D eigenvalue weighted by atomic mass is 16.4. The molecule has 5 heteroatoms. The predicted octanol–water partition coefficient (Wildman–Crippen LogP) is 0.386. The zero-order chi connectivity index (χ0) is 9.56. The van der Waals surface area contributed by atoms with Gasteiger partial charge in [0.15, 0.2) is 0 Å². The molecule has 0 aliphatic carbocycles. The van der Waals surface area contributed by atoms with Gasteiger partial charge in [-0.1, -0.05) is 0 Å². The Kier molecular flexibility index (Phi) is 4.16. The molecule has 0 aromatic rings. The molecule has 0 amide bonds. The first-order valence-electron chi connectivity index (χ1n) is 3.07. The molecule has 64 valence electrons. The van der Waals surface area contributed by atoms with Gasteiger partial charge in [0.25, 0.3) is 0 Å². The van der Waals surface area contributed by atoms with Crippen molar-refractivity contribution in [3.8, 4) is 6.07 Å². The summed E-state index contributed by atoms with van der Waals surface area (Å²) < 4.78 is 0. The van der Waals surface area contributed by atoms with Crippen LogP contribution in [-0.4, -0.2) is 22.2 Å². The standard InChI is InChI=1S/C7H7NO4/c8-2-1-5(3-6(9)10)4-7(11)12/h1H,3-4H2,(H,9,10)(H,11,12). The van der Waals surface area contributed by atoms with Crippen LogP contribution in [0.3, 0.4) is 0 Å². The SMILES string of the molecule is N#CC=C(CC(=O)O)CC(=O)O. The minimum atomic E-state index is -1.14. The van der Waals surface area contributed by atoms with E-state index in [2.05, 4.69) is 0 Å². The van der Waals surface area contributed by atoms with Crippen molar-refractivity contribution in [2.24, 2.45) is 0 Å². The maximum atomic E-state index is 10.1. The summed E-state index contributed by atoms with van der Waals surface area (Å²) in [5.41, 5.74) is 0.0949. The van der Waals surface area contributed by atoms with Crippen LogP contribution in [0.4, 0.5) is 0 Å². The highest BCUT2D eigenvalue weighted by molar-refractivity contribution is 5.75. The molecule has 0 unspecified atom stereocenters. The van der Waals surface area contributed by atoms with Gasteiger partial charge in [-0.2, -0.15) is 5.26 Å². The Balaban J connectivity index is 4.27. The zero-order valence-electron chi connectivity index (χ0n) is 6.15. The average Bonchev–Trinajstić information content (AvgIpc) is 1.84.